The van der Waals surface area contributed by atoms with Gasteiger partial charge in [-0.3, -0.25) is 9.78 Å². The third-order valence-corrected chi connectivity index (χ3v) is 5.60. The summed E-state index contributed by atoms with van der Waals surface area (Å²) < 4.78 is 1.86. The zero-order valence-electron chi connectivity index (χ0n) is 16.2. The van der Waals surface area contributed by atoms with Crippen molar-refractivity contribution in [2.75, 3.05) is 0 Å². The third-order valence-electron chi connectivity index (χ3n) is 5.60. The molecule has 0 saturated heterocycles. The third kappa shape index (κ3) is 2.23. The normalized spacial score (nSPS) is 12.2. The van der Waals surface area contributed by atoms with E-state index in [1.807, 2.05) is 78.3 Å². The number of fused-ring (bicyclic) bond motifs is 4. The molecule has 0 N–H and O–H groups in total. The Morgan fingerprint density at radius 2 is 1.60 bits per heavy atom. The molecular weight excluding hydrogens is 372 g/mol. The summed E-state index contributed by atoms with van der Waals surface area (Å²) in [5, 5.41) is 5.67. The second-order valence-electron chi connectivity index (χ2n) is 7.36. The van der Waals surface area contributed by atoms with Gasteiger partial charge in [-0.2, -0.15) is 5.10 Å². The van der Waals surface area contributed by atoms with Crippen molar-refractivity contribution in [3.8, 4) is 28.1 Å². The van der Waals surface area contributed by atoms with Gasteiger partial charge in [0.2, 0.25) is 0 Å². The number of aryl methyl sites for hydroxylation is 1. The van der Waals surface area contributed by atoms with Crippen LogP contribution in [-0.2, 0) is 0 Å². The molecule has 0 saturated carbocycles. The highest BCUT2D eigenvalue weighted by molar-refractivity contribution is 6.26. The van der Waals surface area contributed by atoms with Crippen molar-refractivity contribution in [3.63, 3.8) is 0 Å². The molecule has 30 heavy (non-hydrogen) atoms. The van der Waals surface area contributed by atoms with Gasteiger partial charge in [0, 0.05) is 34.6 Å². The second kappa shape index (κ2) is 6.19. The minimum absolute atomic E-state index is 0.000661. The number of rotatable bonds is 2. The summed E-state index contributed by atoms with van der Waals surface area (Å²) in [5.41, 5.74) is 7.12. The van der Waals surface area contributed by atoms with Crippen LogP contribution >= 0.6 is 0 Å². The Morgan fingerprint density at radius 3 is 2.37 bits per heavy atom. The highest BCUT2D eigenvalue weighted by Crippen LogP contribution is 2.44. The molecule has 0 unspecified atom stereocenters. The van der Waals surface area contributed by atoms with Gasteiger partial charge in [-0.05, 0) is 25.1 Å². The lowest BCUT2D eigenvalue weighted by molar-refractivity contribution is 0.104. The molecule has 5 aromatic rings. The van der Waals surface area contributed by atoms with Crippen LogP contribution in [0.4, 0.5) is 0 Å². The molecule has 5 nitrogen and oxygen atoms in total. The molecule has 142 valence electrons. The van der Waals surface area contributed by atoms with Gasteiger partial charge >= 0.3 is 0 Å². The first-order chi connectivity index (χ1) is 14.7. The standard InChI is InChI=1S/C25H16N4O/c1-15-20-21(16-8-7-13-26-14-16)22-23(18-11-5-6-12-19(18)24(22)30)27-25(20)29(28-15)17-9-3-2-4-10-17/h2-14H,1H3. The number of carbonyl (C=O) groups excluding carboxylic acids is 1. The Labute approximate surface area is 172 Å². The van der Waals surface area contributed by atoms with E-state index in [2.05, 4.69) is 4.98 Å². The minimum Gasteiger partial charge on any atom is -0.288 e. The van der Waals surface area contributed by atoms with Gasteiger partial charge in [0.05, 0.1) is 28.0 Å². The van der Waals surface area contributed by atoms with Gasteiger partial charge in [-0.1, -0.05) is 48.5 Å². The maximum atomic E-state index is 13.4. The quantitative estimate of drug-likeness (QED) is 0.419. The van der Waals surface area contributed by atoms with Crippen LogP contribution in [0.2, 0.25) is 0 Å². The Kier molecular flexibility index (Phi) is 3.47. The molecule has 0 radical (unpaired) electrons. The van der Waals surface area contributed by atoms with Crippen molar-refractivity contribution in [1.29, 1.82) is 0 Å². The second-order valence-corrected chi connectivity index (χ2v) is 7.36. The molecule has 3 aromatic heterocycles. The van der Waals surface area contributed by atoms with Crippen LogP contribution < -0.4 is 0 Å². The van der Waals surface area contributed by atoms with Gasteiger partial charge in [-0.15, -0.1) is 0 Å². The van der Waals surface area contributed by atoms with Crippen molar-refractivity contribution in [3.05, 3.63) is 95.9 Å². The molecular formula is C25H16N4O. The molecule has 0 amide bonds. The highest BCUT2D eigenvalue weighted by atomic mass is 16.1. The number of hydrogen-bond donors (Lipinski definition) is 0. The van der Waals surface area contributed by atoms with E-state index in [1.54, 1.807) is 12.4 Å². The minimum atomic E-state index is 0.000661. The molecule has 0 spiro atoms. The molecule has 0 fully saturated rings. The highest BCUT2D eigenvalue weighted by Gasteiger charge is 2.34. The Balaban J connectivity index is 1.80. The summed E-state index contributed by atoms with van der Waals surface area (Å²) in [6.07, 6.45) is 3.53. The molecule has 0 aliphatic heterocycles. The fraction of sp³-hybridized carbons (Fsp3) is 0.0400. The summed E-state index contributed by atoms with van der Waals surface area (Å²) in [4.78, 5) is 22.7. The first-order valence-electron chi connectivity index (χ1n) is 9.77. The molecule has 0 bridgehead atoms. The summed E-state index contributed by atoms with van der Waals surface area (Å²) in [5.74, 6) is 0.000661. The number of pyridine rings is 2. The smallest absolute Gasteiger partial charge is 0.196 e. The summed E-state index contributed by atoms with van der Waals surface area (Å²) >= 11 is 0. The summed E-state index contributed by atoms with van der Waals surface area (Å²) in [6.45, 7) is 1.96. The van der Waals surface area contributed by atoms with E-state index in [4.69, 9.17) is 10.1 Å². The Morgan fingerprint density at radius 1 is 0.833 bits per heavy atom. The first kappa shape index (κ1) is 16.8. The van der Waals surface area contributed by atoms with Crippen LogP contribution in [-0.4, -0.2) is 25.5 Å². The fourth-order valence-electron chi connectivity index (χ4n) is 4.30. The van der Waals surface area contributed by atoms with Crippen molar-refractivity contribution < 1.29 is 4.79 Å². The van der Waals surface area contributed by atoms with E-state index in [0.717, 1.165) is 39.1 Å². The van der Waals surface area contributed by atoms with Crippen LogP contribution in [0.1, 0.15) is 21.6 Å². The zero-order chi connectivity index (χ0) is 20.2. The SMILES string of the molecule is Cc1nn(-c2ccccc2)c2nc3c(c(-c4cccnc4)c12)C(=O)c1ccccc1-3. The monoisotopic (exact) mass is 388 g/mol. The van der Waals surface area contributed by atoms with Crippen molar-refractivity contribution >= 4 is 16.8 Å². The lowest BCUT2D eigenvalue weighted by Crippen LogP contribution is -2.02. The first-order valence-corrected chi connectivity index (χ1v) is 9.77. The zero-order valence-corrected chi connectivity index (χ0v) is 16.2. The van der Waals surface area contributed by atoms with Crippen LogP contribution in [0.25, 0.3) is 39.1 Å². The van der Waals surface area contributed by atoms with E-state index in [9.17, 15) is 4.79 Å². The van der Waals surface area contributed by atoms with Gasteiger partial charge in [0.25, 0.3) is 0 Å². The predicted molar refractivity (Wildman–Crippen MR) is 116 cm³/mol. The molecule has 0 atom stereocenters. The number of benzene rings is 2. The Hall–Kier alpha value is -4.12. The lowest BCUT2D eigenvalue weighted by Gasteiger charge is -2.11. The van der Waals surface area contributed by atoms with Crippen LogP contribution in [0.5, 0.6) is 0 Å². The Bertz CT molecular complexity index is 1450. The van der Waals surface area contributed by atoms with E-state index in [1.165, 1.54) is 0 Å². The number of para-hydroxylation sites is 1. The average Bonchev–Trinajstić information content (AvgIpc) is 3.29. The average molecular weight is 388 g/mol. The number of carbonyl (C=O) groups is 1. The molecule has 2 aromatic carbocycles. The maximum absolute atomic E-state index is 13.4. The molecule has 6 rings (SSSR count). The van der Waals surface area contributed by atoms with Crippen LogP contribution in [0, 0.1) is 6.92 Å². The molecule has 1 aliphatic rings. The largest absolute Gasteiger partial charge is 0.288 e. The van der Waals surface area contributed by atoms with E-state index in [0.29, 0.717) is 16.8 Å². The number of hydrogen-bond acceptors (Lipinski definition) is 4. The van der Waals surface area contributed by atoms with Gasteiger partial charge in [0.15, 0.2) is 11.4 Å². The molecule has 5 heteroatoms. The topological polar surface area (TPSA) is 60.7 Å². The lowest BCUT2D eigenvalue weighted by atomic mass is 9.95. The van der Waals surface area contributed by atoms with Crippen LogP contribution in [0.3, 0.4) is 0 Å². The number of ketones is 1. The van der Waals surface area contributed by atoms with E-state index in [-0.39, 0.29) is 5.78 Å². The molecule has 3 heterocycles. The predicted octanol–water partition coefficient (Wildman–Crippen LogP) is 5.00. The van der Waals surface area contributed by atoms with Crippen LogP contribution in [0.15, 0.2) is 79.1 Å². The van der Waals surface area contributed by atoms with Gasteiger partial charge in [0.1, 0.15) is 0 Å². The summed E-state index contributed by atoms with van der Waals surface area (Å²) in [6, 6.07) is 21.5. The van der Waals surface area contributed by atoms with E-state index >= 15 is 0 Å². The van der Waals surface area contributed by atoms with Gasteiger partial charge < -0.3 is 0 Å². The van der Waals surface area contributed by atoms with Gasteiger partial charge in [-0.25, -0.2) is 9.67 Å². The maximum Gasteiger partial charge on any atom is 0.196 e. The number of aromatic nitrogens is 4. The fourth-order valence-corrected chi connectivity index (χ4v) is 4.30. The summed E-state index contributed by atoms with van der Waals surface area (Å²) in [7, 11) is 0. The van der Waals surface area contributed by atoms with E-state index < -0.39 is 0 Å². The van der Waals surface area contributed by atoms with Crippen molar-refractivity contribution in [2.45, 2.75) is 6.92 Å². The molecule has 1 aliphatic carbocycles. The van der Waals surface area contributed by atoms with Crippen molar-refractivity contribution in [1.82, 2.24) is 19.7 Å². The number of nitrogens with zero attached hydrogens (tertiary/aromatic N) is 4. The van der Waals surface area contributed by atoms with Crippen molar-refractivity contribution in [2.24, 2.45) is 0 Å².